The molecule has 0 bridgehead atoms. The van der Waals surface area contributed by atoms with Crippen molar-refractivity contribution in [2.24, 2.45) is 11.3 Å². The lowest BCUT2D eigenvalue weighted by Crippen LogP contribution is -2.45. The first-order valence-electron chi connectivity index (χ1n) is 5.78. The number of ether oxygens (including phenoxy) is 1. The van der Waals surface area contributed by atoms with E-state index in [4.69, 9.17) is 10.1 Å². The standard InChI is InChI=1S/C12H24N2O/c1-12(2,3)11(13)14-7-5-6-10(8-14)9-15-4/h10,13H,5-9H2,1-4H3. The molecule has 0 spiro atoms. The molecule has 0 aromatic heterocycles. The van der Waals surface area contributed by atoms with Crippen molar-refractivity contribution in [1.82, 2.24) is 4.90 Å². The SMILES string of the molecule is COCC1CCCN(C(=N)C(C)(C)C)C1. The summed E-state index contributed by atoms with van der Waals surface area (Å²) >= 11 is 0. The molecule has 0 aromatic carbocycles. The molecule has 1 atom stereocenters. The normalized spacial score (nSPS) is 22.9. The molecule has 3 heteroatoms. The summed E-state index contributed by atoms with van der Waals surface area (Å²) in [7, 11) is 1.76. The van der Waals surface area contributed by atoms with Gasteiger partial charge >= 0.3 is 0 Å². The van der Waals surface area contributed by atoms with E-state index < -0.39 is 0 Å². The van der Waals surface area contributed by atoms with Crippen molar-refractivity contribution in [2.75, 3.05) is 26.8 Å². The van der Waals surface area contributed by atoms with Crippen LogP contribution in [0.4, 0.5) is 0 Å². The van der Waals surface area contributed by atoms with Gasteiger partial charge in [-0.25, -0.2) is 0 Å². The zero-order chi connectivity index (χ0) is 11.5. The fraction of sp³-hybridized carbons (Fsp3) is 0.917. The molecule has 1 fully saturated rings. The predicted molar refractivity (Wildman–Crippen MR) is 63.4 cm³/mol. The molecule has 0 radical (unpaired) electrons. The summed E-state index contributed by atoms with van der Waals surface area (Å²) in [5, 5.41) is 8.14. The van der Waals surface area contributed by atoms with Gasteiger partial charge in [0.2, 0.25) is 0 Å². The van der Waals surface area contributed by atoms with Gasteiger partial charge < -0.3 is 9.64 Å². The Morgan fingerprint density at radius 3 is 2.67 bits per heavy atom. The van der Waals surface area contributed by atoms with Crippen molar-refractivity contribution in [2.45, 2.75) is 33.6 Å². The molecule has 1 heterocycles. The van der Waals surface area contributed by atoms with E-state index in [9.17, 15) is 0 Å². The molecular formula is C12H24N2O. The number of nitrogens with zero attached hydrogens (tertiary/aromatic N) is 1. The monoisotopic (exact) mass is 212 g/mol. The van der Waals surface area contributed by atoms with Crippen LogP contribution in [0.2, 0.25) is 0 Å². The van der Waals surface area contributed by atoms with Crippen LogP contribution in [0.15, 0.2) is 0 Å². The van der Waals surface area contributed by atoms with Crippen LogP contribution in [0.5, 0.6) is 0 Å². The summed E-state index contributed by atoms with van der Waals surface area (Å²) in [5.74, 6) is 1.37. The number of likely N-dealkylation sites (tertiary alicyclic amines) is 1. The third-order valence-corrected chi connectivity index (χ3v) is 2.95. The average molecular weight is 212 g/mol. The Kier molecular flexibility index (Phi) is 4.14. The molecule has 1 saturated heterocycles. The highest BCUT2D eigenvalue weighted by Gasteiger charge is 2.27. The van der Waals surface area contributed by atoms with E-state index in [-0.39, 0.29) is 5.41 Å². The second-order valence-corrected chi connectivity index (χ2v) is 5.51. The van der Waals surface area contributed by atoms with Gasteiger partial charge in [-0.05, 0) is 18.8 Å². The van der Waals surface area contributed by atoms with Gasteiger partial charge in [0.05, 0.1) is 6.61 Å². The molecule has 0 aliphatic carbocycles. The van der Waals surface area contributed by atoms with E-state index in [0.717, 1.165) is 25.5 Å². The van der Waals surface area contributed by atoms with Gasteiger partial charge in [-0.2, -0.15) is 0 Å². The highest BCUT2D eigenvalue weighted by molar-refractivity contribution is 5.84. The summed E-state index contributed by atoms with van der Waals surface area (Å²) in [6.45, 7) is 9.17. The first-order chi connectivity index (χ1) is 6.95. The molecule has 3 nitrogen and oxygen atoms in total. The zero-order valence-electron chi connectivity index (χ0n) is 10.5. The van der Waals surface area contributed by atoms with Gasteiger partial charge in [-0.3, -0.25) is 5.41 Å². The molecule has 0 saturated carbocycles. The van der Waals surface area contributed by atoms with Crippen molar-refractivity contribution in [1.29, 1.82) is 5.41 Å². The predicted octanol–water partition coefficient (Wildman–Crippen LogP) is 2.37. The van der Waals surface area contributed by atoms with Crippen molar-refractivity contribution in [3.8, 4) is 0 Å². The van der Waals surface area contributed by atoms with Crippen LogP contribution < -0.4 is 0 Å². The Morgan fingerprint density at radius 1 is 1.47 bits per heavy atom. The van der Waals surface area contributed by atoms with Crippen molar-refractivity contribution >= 4 is 5.84 Å². The summed E-state index contributed by atoms with van der Waals surface area (Å²) in [6, 6.07) is 0. The summed E-state index contributed by atoms with van der Waals surface area (Å²) < 4.78 is 5.20. The first-order valence-corrected chi connectivity index (χ1v) is 5.78. The van der Waals surface area contributed by atoms with E-state index >= 15 is 0 Å². The Morgan fingerprint density at radius 2 is 2.13 bits per heavy atom. The molecule has 15 heavy (non-hydrogen) atoms. The first kappa shape index (κ1) is 12.5. The largest absolute Gasteiger partial charge is 0.384 e. The van der Waals surface area contributed by atoms with Crippen LogP contribution in [-0.4, -0.2) is 37.5 Å². The minimum Gasteiger partial charge on any atom is -0.384 e. The third-order valence-electron chi connectivity index (χ3n) is 2.95. The minimum atomic E-state index is -0.0328. The topological polar surface area (TPSA) is 36.3 Å². The lowest BCUT2D eigenvalue weighted by Gasteiger charge is -2.38. The molecule has 1 aliphatic rings. The summed E-state index contributed by atoms with van der Waals surface area (Å²) in [4.78, 5) is 2.22. The van der Waals surface area contributed by atoms with Crippen LogP contribution >= 0.6 is 0 Å². The van der Waals surface area contributed by atoms with E-state index in [1.165, 1.54) is 12.8 Å². The maximum Gasteiger partial charge on any atom is 0.101 e. The average Bonchev–Trinajstić information content (AvgIpc) is 2.16. The van der Waals surface area contributed by atoms with Gasteiger partial charge in [0, 0.05) is 25.6 Å². The second kappa shape index (κ2) is 4.97. The van der Waals surface area contributed by atoms with E-state index in [1.807, 2.05) is 0 Å². The number of piperidine rings is 1. The molecule has 1 N–H and O–H groups in total. The summed E-state index contributed by atoms with van der Waals surface area (Å²) in [6.07, 6.45) is 2.42. The van der Waals surface area contributed by atoms with Gasteiger partial charge in [0.25, 0.3) is 0 Å². The lowest BCUT2D eigenvalue weighted by atomic mass is 9.91. The summed E-state index contributed by atoms with van der Waals surface area (Å²) in [5.41, 5.74) is -0.0328. The number of methoxy groups -OCH3 is 1. The number of hydrogen-bond acceptors (Lipinski definition) is 2. The molecular weight excluding hydrogens is 188 g/mol. The van der Waals surface area contributed by atoms with Crippen LogP contribution in [0, 0.1) is 16.7 Å². The number of amidine groups is 1. The number of hydrogen-bond donors (Lipinski definition) is 1. The molecule has 0 aromatic rings. The Hall–Kier alpha value is -0.570. The maximum atomic E-state index is 8.14. The Bertz CT molecular complexity index is 218. The fourth-order valence-corrected chi connectivity index (χ4v) is 2.11. The number of rotatable bonds is 2. The maximum absolute atomic E-state index is 8.14. The smallest absolute Gasteiger partial charge is 0.101 e. The van der Waals surface area contributed by atoms with Gasteiger partial charge in [-0.1, -0.05) is 20.8 Å². The third kappa shape index (κ3) is 3.49. The fourth-order valence-electron chi connectivity index (χ4n) is 2.11. The van der Waals surface area contributed by atoms with E-state index in [0.29, 0.717) is 5.92 Å². The van der Waals surface area contributed by atoms with Gasteiger partial charge in [0.1, 0.15) is 5.84 Å². The highest BCUT2D eigenvalue weighted by Crippen LogP contribution is 2.23. The quantitative estimate of drug-likeness (QED) is 0.563. The molecule has 1 unspecified atom stereocenters. The van der Waals surface area contributed by atoms with Crippen LogP contribution in [-0.2, 0) is 4.74 Å². The molecule has 0 amide bonds. The van der Waals surface area contributed by atoms with E-state index in [2.05, 4.69) is 25.7 Å². The molecule has 1 rings (SSSR count). The minimum absolute atomic E-state index is 0.0328. The van der Waals surface area contributed by atoms with Crippen molar-refractivity contribution < 1.29 is 4.74 Å². The van der Waals surface area contributed by atoms with Crippen LogP contribution in [0.3, 0.4) is 0 Å². The Labute approximate surface area is 93.3 Å². The lowest BCUT2D eigenvalue weighted by molar-refractivity contribution is 0.112. The molecule has 1 aliphatic heterocycles. The van der Waals surface area contributed by atoms with Crippen LogP contribution in [0.25, 0.3) is 0 Å². The second-order valence-electron chi connectivity index (χ2n) is 5.51. The Balaban J connectivity index is 2.52. The van der Waals surface area contributed by atoms with Crippen LogP contribution in [0.1, 0.15) is 33.6 Å². The van der Waals surface area contributed by atoms with E-state index in [1.54, 1.807) is 7.11 Å². The van der Waals surface area contributed by atoms with Gasteiger partial charge in [0.15, 0.2) is 0 Å². The van der Waals surface area contributed by atoms with Gasteiger partial charge in [-0.15, -0.1) is 0 Å². The molecule has 88 valence electrons. The van der Waals surface area contributed by atoms with Crippen molar-refractivity contribution in [3.63, 3.8) is 0 Å². The highest BCUT2D eigenvalue weighted by atomic mass is 16.5. The zero-order valence-corrected chi connectivity index (χ0v) is 10.5. The number of nitrogens with one attached hydrogen (secondary N) is 1. The van der Waals surface area contributed by atoms with Crippen molar-refractivity contribution in [3.05, 3.63) is 0 Å².